The molecule has 0 aromatic carbocycles. The maximum absolute atomic E-state index is 11.5. The molecule has 17 heavy (non-hydrogen) atoms. The molecular formula is C13H25NO3. The number of carbonyl (C=O) groups is 1. The fourth-order valence-electron chi connectivity index (χ4n) is 2.01. The Bertz CT molecular complexity index is 203. The van der Waals surface area contributed by atoms with Gasteiger partial charge in [0.2, 0.25) is 5.91 Å². The summed E-state index contributed by atoms with van der Waals surface area (Å²) in [5.41, 5.74) is 0. The van der Waals surface area contributed by atoms with Gasteiger partial charge in [0.05, 0.1) is 0 Å². The SMILES string of the molecule is CCOCCCNC(=O)CCC1CCOCC1. The highest BCUT2D eigenvalue weighted by molar-refractivity contribution is 5.75. The Kier molecular flexibility index (Phi) is 8.01. The lowest BCUT2D eigenvalue weighted by Crippen LogP contribution is -2.26. The van der Waals surface area contributed by atoms with Crippen LogP contribution in [0.1, 0.15) is 39.0 Å². The van der Waals surface area contributed by atoms with Gasteiger partial charge in [-0.15, -0.1) is 0 Å². The Labute approximate surface area is 104 Å². The minimum Gasteiger partial charge on any atom is -0.382 e. The Hall–Kier alpha value is -0.610. The molecule has 1 saturated heterocycles. The number of carbonyl (C=O) groups excluding carboxylic acids is 1. The van der Waals surface area contributed by atoms with E-state index in [0.29, 0.717) is 12.3 Å². The smallest absolute Gasteiger partial charge is 0.220 e. The normalized spacial score (nSPS) is 17.0. The van der Waals surface area contributed by atoms with E-state index in [0.717, 1.165) is 58.7 Å². The minimum absolute atomic E-state index is 0.174. The summed E-state index contributed by atoms with van der Waals surface area (Å²) >= 11 is 0. The number of nitrogens with one attached hydrogen (secondary N) is 1. The zero-order valence-corrected chi connectivity index (χ0v) is 10.9. The van der Waals surface area contributed by atoms with Gasteiger partial charge < -0.3 is 14.8 Å². The second-order valence-electron chi connectivity index (χ2n) is 4.49. The van der Waals surface area contributed by atoms with Crippen LogP contribution in [0.5, 0.6) is 0 Å². The van der Waals surface area contributed by atoms with E-state index in [1.807, 2.05) is 6.92 Å². The summed E-state index contributed by atoms with van der Waals surface area (Å²) in [5.74, 6) is 0.853. The van der Waals surface area contributed by atoms with Crippen LogP contribution in [0, 0.1) is 5.92 Å². The zero-order valence-electron chi connectivity index (χ0n) is 10.9. The van der Waals surface area contributed by atoms with Crippen molar-refractivity contribution in [2.75, 3.05) is 33.0 Å². The molecule has 4 nitrogen and oxygen atoms in total. The molecule has 0 aromatic rings. The first-order valence-corrected chi connectivity index (χ1v) is 6.75. The summed E-state index contributed by atoms with van der Waals surface area (Å²) in [5, 5.41) is 2.93. The van der Waals surface area contributed by atoms with E-state index in [9.17, 15) is 4.79 Å². The summed E-state index contributed by atoms with van der Waals surface area (Å²) < 4.78 is 10.5. The van der Waals surface area contributed by atoms with Crippen LogP contribution >= 0.6 is 0 Å². The molecule has 1 aliphatic rings. The van der Waals surface area contributed by atoms with E-state index in [-0.39, 0.29) is 5.91 Å². The maximum atomic E-state index is 11.5. The quantitative estimate of drug-likeness (QED) is 0.661. The number of ether oxygens (including phenoxy) is 2. The predicted molar refractivity (Wildman–Crippen MR) is 66.9 cm³/mol. The molecule has 100 valence electrons. The van der Waals surface area contributed by atoms with Gasteiger partial charge in [-0.1, -0.05) is 0 Å². The van der Waals surface area contributed by atoms with Crippen LogP contribution in [0.2, 0.25) is 0 Å². The second kappa shape index (κ2) is 9.42. The average Bonchev–Trinajstić information content (AvgIpc) is 2.37. The third kappa shape index (κ3) is 7.34. The number of rotatable bonds is 8. The summed E-state index contributed by atoms with van der Waals surface area (Å²) in [4.78, 5) is 11.5. The monoisotopic (exact) mass is 243 g/mol. The second-order valence-corrected chi connectivity index (χ2v) is 4.49. The van der Waals surface area contributed by atoms with E-state index >= 15 is 0 Å². The standard InChI is InChI=1S/C13H25NO3/c1-2-16-9-3-8-14-13(15)5-4-12-6-10-17-11-7-12/h12H,2-11H2,1H3,(H,14,15). The van der Waals surface area contributed by atoms with E-state index in [1.54, 1.807) is 0 Å². The molecule has 1 amide bonds. The Morgan fingerprint density at radius 1 is 1.41 bits per heavy atom. The van der Waals surface area contributed by atoms with Crippen molar-refractivity contribution in [3.8, 4) is 0 Å². The fourth-order valence-corrected chi connectivity index (χ4v) is 2.01. The molecule has 0 aliphatic carbocycles. The Morgan fingerprint density at radius 3 is 2.88 bits per heavy atom. The van der Waals surface area contributed by atoms with Crippen LogP contribution in [0.25, 0.3) is 0 Å². The average molecular weight is 243 g/mol. The number of hydrogen-bond donors (Lipinski definition) is 1. The van der Waals surface area contributed by atoms with Crippen LogP contribution in [-0.4, -0.2) is 38.9 Å². The maximum Gasteiger partial charge on any atom is 0.220 e. The van der Waals surface area contributed by atoms with Gasteiger partial charge in [0.1, 0.15) is 0 Å². The van der Waals surface area contributed by atoms with Gasteiger partial charge in [-0.2, -0.15) is 0 Å². The molecule has 0 aromatic heterocycles. The van der Waals surface area contributed by atoms with Crippen molar-refractivity contribution in [3.05, 3.63) is 0 Å². The fraction of sp³-hybridized carbons (Fsp3) is 0.923. The molecular weight excluding hydrogens is 218 g/mol. The van der Waals surface area contributed by atoms with Gasteiger partial charge in [-0.3, -0.25) is 4.79 Å². The van der Waals surface area contributed by atoms with E-state index in [1.165, 1.54) is 0 Å². The highest BCUT2D eigenvalue weighted by Gasteiger charge is 2.14. The molecule has 1 aliphatic heterocycles. The largest absolute Gasteiger partial charge is 0.382 e. The highest BCUT2D eigenvalue weighted by Crippen LogP contribution is 2.19. The predicted octanol–water partition coefficient (Wildman–Crippen LogP) is 1.74. The van der Waals surface area contributed by atoms with Crippen LogP contribution < -0.4 is 5.32 Å². The summed E-state index contributed by atoms with van der Waals surface area (Å²) in [6.07, 6.45) is 4.77. The van der Waals surface area contributed by atoms with Crippen LogP contribution in [0.15, 0.2) is 0 Å². The van der Waals surface area contributed by atoms with Gasteiger partial charge in [-0.25, -0.2) is 0 Å². The summed E-state index contributed by atoms with van der Waals surface area (Å²) in [7, 11) is 0. The zero-order chi connectivity index (χ0) is 12.3. The lowest BCUT2D eigenvalue weighted by Gasteiger charge is -2.21. The summed E-state index contributed by atoms with van der Waals surface area (Å²) in [6, 6.07) is 0. The summed E-state index contributed by atoms with van der Waals surface area (Å²) in [6.45, 7) is 5.91. The first-order chi connectivity index (χ1) is 8.33. The molecule has 0 atom stereocenters. The Balaban J connectivity index is 1.93. The lowest BCUT2D eigenvalue weighted by molar-refractivity contribution is -0.121. The van der Waals surface area contributed by atoms with Crippen molar-refractivity contribution in [1.29, 1.82) is 0 Å². The van der Waals surface area contributed by atoms with Crippen molar-refractivity contribution in [2.45, 2.75) is 39.0 Å². The molecule has 1 rings (SSSR count). The van der Waals surface area contributed by atoms with Gasteiger partial charge in [0.15, 0.2) is 0 Å². The number of amides is 1. The highest BCUT2D eigenvalue weighted by atomic mass is 16.5. The van der Waals surface area contributed by atoms with Crippen LogP contribution in [0.4, 0.5) is 0 Å². The first kappa shape index (κ1) is 14.5. The van der Waals surface area contributed by atoms with Crippen LogP contribution in [0.3, 0.4) is 0 Å². The van der Waals surface area contributed by atoms with Crippen molar-refractivity contribution >= 4 is 5.91 Å². The minimum atomic E-state index is 0.174. The lowest BCUT2D eigenvalue weighted by atomic mass is 9.95. The van der Waals surface area contributed by atoms with Crippen molar-refractivity contribution in [1.82, 2.24) is 5.32 Å². The molecule has 0 saturated carbocycles. The molecule has 0 bridgehead atoms. The Morgan fingerprint density at radius 2 is 2.18 bits per heavy atom. The molecule has 1 fully saturated rings. The van der Waals surface area contributed by atoms with Crippen molar-refractivity contribution in [2.24, 2.45) is 5.92 Å². The molecule has 0 radical (unpaired) electrons. The van der Waals surface area contributed by atoms with Gasteiger partial charge in [0.25, 0.3) is 0 Å². The molecule has 0 unspecified atom stereocenters. The van der Waals surface area contributed by atoms with Crippen LogP contribution in [-0.2, 0) is 14.3 Å². The van der Waals surface area contributed by atoms with Gasteiger partial charge in [0, 0.05) is 39.4 Å². The molecule has 0 spiro atoms. The van der Waals surface area contributed by atoms with Crippen molar-refractivity contribution < 1.29 is 14.3 Å². The van der Waals surface area contributed by atoms with Gasteiger partial charge >= 0.3 is 0 Å². The third-order valence-electron chi connectivity index (χ3n) is 3.11. The third-order valence-corrected chi connectivity index (χ3v) is 3.11. The molecule has 1 N–H and O–H groups in total. The molecule has 1 heterocycles. The first-order valence-electron chi connectivity index (χ1n) is 6.75. The van der Waals surface area contributed by atoms with E-state index in [4.69, 9.17) is 9.47 Å². The van der Waals surface area contributed by atoms with Gasteiger partial charge in [-0.05, 0) is 38.5 Å². The van der Waals surface area contributed by atoms with Crippen molar-refractivity contribution in [3.63, 3.8) is 0 Å². The topological polar surface area (TPSA) is 47.6 Å². The number of hydrogen-bond acceptors (Lipinski definition) is 3. The molecule has 4 heteroatoms. The van der Waals surface area contributed by atoms with E-state index in [2.05, 4.69) is 5.32 Å². The van der Waals surface area contributed by atoms with E-state index < -0.39 is 0 Å².